The summed E-state index contributed by atoms with van der Waals surface area (Å²) in [5.74, 6) is 1.20. The Kier molecular flexibility index (Phi) is 5.73. The molecule has 0 fully saturated rings. The van der Waals surface area contributed by atoms with E-state index in [2.05, 4.69) is 10.3 Å². The number of ether oxygens (including phenoxy) is 2. The number of aromatic nitrogens is 4. The topological polar surface area (TPSA) is 66.1 Å². The second-order valence-corrected chi connectivity index (χ2v) is 7.89. The maximum atomic E-state index is 13.4. The van der Waals surface area contributed by atoms with Crippen LogP contribution in [0.1, 0.15) is 5.69 Å². The van der Waals surface area contributed by atoms with Gasteiger partial charge in [-0.25, -0.2) is 14.4 Å². The highest BCUT2D eigenvalue weighted by Gasteiger charge is 2.14. The molecule has 0 atom stereocenters. The van der Waals surface area contributed by atoms with Crippen LogP contribution in [0.4, 0.5) is 15.8 Å². The zero-order chi connectivity index (χ0) is 23.7. The number of rotatable bonds is 7. The van der Waals surface area contributed by atoms with Crippen molar-refractivity contribution in [3.63, 3.8) is 0 Å². The molecule has 2 heterocycles. The Morgan fingerprint density at radius 2 is 1.85 bits per heavy atom. The SMILES string of the molecule is COCc1cn(-c2ccc(Nc3cccc4c3nc(-c3ccc(F)cc3)n4C)cc2OC)cn1. The average Bonchev–Trinajstić information content (AvgIpc) is 3.45. The number of hydrogen-bond acceptors (Lipinski definition) is 5. The molecule has 0 aliphatic carbocycles. The van der Waals surface area contributed by atoms with Gasteiger partial charge in [0.2, 0.25) is 0 Å². The van der Waals surface area contributed by atoms with Gasteiger partial charge in [-0.05, 0) is 48.5 Å². The van der Waals surface area contributed by atoms with Gasteiger partial charge in [-0.1, -0.05) is 6.07 Å². The third-order valence-electron chi connectivity index (χ3n) is 5.68. The van der Waals surface area contributed by atoms with Crippen molar-refractivity contribution in [2.45, 2.75) is 6.61 Å². The summed E-state index contributed by atoms with van der Waals surface area (Å²) >= 11 is 0. The van der Waals surface area contributed by atoms with Crippen molar-refractivity contribution in [2.75, 3.05) is 19.5 Å². The first kappa shape index (κ1) is 21.7. The molecule has 1 N–H and O–H groups in total. The minimum atomic E-state index is -0.270. The number of para-hydroxylation sites is 1. The molecule has 0 radical (unpaired) electrons. The Balaban J connectivity index is 1.49. The maximum absolute atomic E-state index is 13.4. The van der Waals surface area contributed by atoms with Gasteiger partial charge in [0.25, 0.3) is 0 Å². The largest absolute Gasteiger partial charge is 0.494 e. The molecule has 7 nitrogen and oxygen atoms in total. The van der Waals surface area contributed by atoms with Gasteiger partial charge in [-0.15, -0.1) is 0 Å². The predicted octanol–water partition coefficient (Wildman–Crippen LogP) is 5.46. The van der Waals surface area contributed by atoms with Crippen LogP contribution >= 0.6 is 0 Å². The molecule has 5 aromatic rings. The van der Waals surface area contributed by atoms with Crippen LogP contribution in [0.25, 0.3) is 28.1 Å². The number of aryl methyl sites for hydroxylation is 1. The molecule has 0 saturated heterocycles. The van der Waals surface area contributed by atoms with E-state index in [-0.39, 0.29) is 5.82 Å². The third-order valence-corrected chi connectivity index (χ3v) is 5.68. The summed E-state index contributed by atoms with van der Waals surface area (Å²) in [6, 6.07) is 18.2. The van der Waals surface area contributed by atoms with Crippen LogP contribution in [-0.2, 0) is 18.4 Å². The lowest BCUT2D eigenvalue weighted by atomic mass is 10.2. The number of methoxy groups -OCH3 is 2. The fourth-order valence-corrected chi connectivity index (χ4v) is 4.01. The van der Waals surface area contributed by atoms with Crippen molar-refractivity contribution >= 4 is 22.4 Å². The van der Waals surface area contributed by atoms with Crippen molar-refractivity contribution in [3.05, 3.63) is 84.7 Å². The summed E-state index contributed by atoms with van der Waals surface area (Å²) in [6.45, 7) is 0.447. The number of hydrogen-bond donors (Lipinski definition) is 1. The Labute approximate surface area is 196 Å². The number of nitrogens with one attached hydrogen (secondary N) is 1. The van der Waals surface area contributed by atoms with Crippen molar-refractivity contribution in [3.8, 4) is 22.8 Å². The standard InChI is InChI=1S/C26H24FN5O2/c1-31-23-6-4-5-21(25(23)30-26(31)17-7-9-18(27)10-8-17)29-19-11-12-22(24(13-19)34-3)32-14-20(15-33-2)28-16-32/h4-14,16,29H,15H2,1-3H3. The minimum absolute atomic E-state index is 0.270. The summed E-state index contributed by atoms with van der Waals surface area (Å²) < 4.78 is 28.1. The van der Waals surface area contributed by atoms with Crippen LogP contribution in [0.15, 0.2) is 73.2 Å². The smallest absolute Gasteiger partial charge is 0.144 e. The molecule has 0 spiro atoms. The van der Waals surface area contributed by atoms with E-state index in [9.17, 15) is 4.39 Å². The lowest BCUT2D eigenvalue weighted by molar-refractivity contribution is 0.182. The van der Waals surface area contributed by atoms with E-state index in [1.165, 1.54) is 12.1 Å². The quantitative estimate of drug-likeness (QED) is 0.351. The molecule has 5 rings (SSSR count). The molecule has 0 saturated carbocycles. The fourth-order valence-electron chi connectivity index (χ4n) is 4.01. The maximum Gasteiger partial charge on any atom is 0.144 e. The molecule has 8 heteroatoms. The molecular formula is C26H24FN5O2. The molecule has 0 aliphatic heterocycles. The van der Waals surface area contributed by atoms with Crippen LogP contribution in [0, 0.1) is 5.82 Å². The Hall–Kier alpha value is -4.17. The van der Waals surface area contributed by atoms with Gasteiger partial charge in [0, 0.05) is 37.7 Å². The zero-order valence-electron chi connectivity index (χ0n) is 19.1. The number of benzene rings is 3. The third kappa shape index (κ3) is 3.99. The van der Waals surface area contributed by atoms with Gasteiger partial charge < -0.3 is 23.9 Å². The summed E-state index contributed by atoms with van der Waals surface area (Å²) in [7, 11) is 5.24. The van der Waals surface area contributed by atoms with E-state index in [1.807, 2.05) is 58.8 Å². The van der Waals surface area contributed by atoms with Gasteiger partial charge in [0.15, 0.2) is 0 Å². The van der Waals surface area contributed by atoms with Gasteiger partial charge in [-0.2, -0.15) is 0 Å². The van der Waals surface area contributed by atoms with Crippen molar-refractivity contribution in [1.29, 1.82) is 0 Å². The van der Waals surface area contributed by atoms with E-state index in [0.29, 0.717) is 12.4 Å². The lowest BCUT2D eigenvalue weighted by Gasteiger charge is -2.13. The van der Waals surface area contributed by atoms with E-state index < -0.39 is 0 Å². The molecular weight excluding hydrogens is 433 g/mol. The van der Waals surface area contributed by atoms with Gasteiger partial charge in [0.1, 0.15) is 22.9 Å². The number of fused-ring (bicyclic) bond motifs is 1. The summed E-state index contributed by atoms with van der Waals surface area (Å²) in [5, 5.41) is 3.47. The van der Waals surface area contributed by atoms with Crippen molar-refractivity contribution < 1.29 is 13.9 Å². The average molecular weight is 458 g/mol. The molecule has 0 aliphatic rings. The number of anilines is 2. The van der Waals surface area contributed by atoms with E-state index in [1.54, 1.807) is 32.7 Å². The van der Waals surface area contributed by atoms with Crippen LogP contribution in [0.3, 0.4) is 0 Å². The molecule has 0 amide bonds. The van der Waals surface area contributed by atoms with E-state index >= 15 is 0 Å². The highest BCUT2D eigenvalue weighted by molar-refractivity contribution is 5.93. The molecule has 3 aromatic carbocycles. The lowest BCUT2D eigenvalue weighted by Crippen LogP contribution is -1.98. The van der Waals surface area contributed by atoms with Crippen LogP contribution in [0.2, 0.25) is 0 Å². The zero-order valence-corrected chi connectivity index (χ0v) is 19.1. The molecule has 34 heavy (non-hydrogen) atoms. The molecule has 0 unspecified atom stereocenters. The first-order valence-electron chi connectivity index (χ1n) is 10.8. The number of imidazole rings is 2. The highest BCUT2D eigenvalue weighted by atomic mass is 19.1. The van der Waals surface area contributed by atoms with Crippen LogP contribution in [-0.4, -0.2) is 33.3 Å². The first-order valence-corrected chi connectivity index (χ1v) is 10.8. The number of halogens is 1. The van der Waals surface area contributed by atoms with Crippen molar-refractivity contribution in [1.82, 2.24) is 19.1 Å². The summed E-state index contributed by atoms with van der Waals surface area (Å²) in [6.07, 6.45) is 3.66. The summed E-state index contributed by atoms with van der Waals surface area (Å²) in [4.78, 5) is 9.22. The van der Waals surface area contributed by atoms with Gasteiger partial charge in [0.05, 0.1) is 42.6 Å². The fraction of sp³-hybridized carbons (Fsp3) is 0.154. The number of nitrogens with zero attached hydrogens (tertiary/aromatic N) is 4. The Bertz CT molecular complexity index is 1460. The monoisotopic (exact) mass is 457 g/mol. The van der Waals surface area contributed by atoms with Crippen LogP contribution in [0.5, 0.6) is 5.75 Å². The first-order chi connectivity index (χ1) is 16.6. The predicted molar refractivity (Wildman–Crippen MR) is 130 cm³/mol. The Morgan fingerprint density at radius 3 is 2.62 bits per heavy atom. The second-order valence-electron chi connectivity index (χ2n) is 7.89. The van der Waals surface area contributed by atoms with Crippen molar-refractivity contribution in [2.24, 2.45) is 7.05 Å². The second kappa shape index (κ2) is 8.99. The van der Waals surface area contributed by atoms with E-state index in [4.69, 9.17) is 14.5 Å². The van der Waals surface area contributed by atoms with Crippen LogP contribution < -0.4 is 10.1 Å². The van der Waals surface area contributed by atoms with Gasteiger partial charge in [-0.3, -0.25) is 0 Å². The summed E-state index contributed by atoms with van der Waals surface area (Å²) in [5.41, 5.74) is 6.08. The molecule has 2 aromatic heterocycles. The molecule has 0 bridgehead atoms. The normalized spacial score (nSPS) is 11.2. The minimum Gasteiger partial charge on any atom is -0.494 e. The van der Waals surface area contributed by atoms with Gasteiger partial charge >= 0.3 is 0 Å². The highest BCUT2D eigenvalue weighted by Crippen LogP contribution is 2.33. The Morgan fingerprint density at radius 1 is 1.03 bits per heavy atom. The van der Waals surface area contributed by atoms with E-state index in [0.717, 1.165) is 45.2 Å². The molecule has 172 valence electrons.